The second-order valence-electron chi connectivity index (χ2n) is 2.16. The average molecular weight is 151 g/mol. The lowest BCUT2D eigenvalue weighted by Crippen LogP contribution is -2.00. The van der Waals surface area contributed by atoms with Crippen molar-refractivity contribution in [3.8, 4) is 0 Å². The zero-order chi connectivity index (χ0) is 7.84. The van der Waals surface area contributed by atoms with Gasteiger partial charge in [0.25, 0.3) is 0 Å². The zero-order valence-corrected chi connectivity index (χ0v) is 5.83. The molecular weight excluding hydrogens is 146 g/mol. The summed E-state index contributed by atoms with van der Waals surface area (Å²) in [5.41, 5.74) is 0.242. The summed E-state index contributed by atoms with van der Waals surface area (Å²) in [7, 11) is 0. The maximum atomic E-state index is 11.0. The fourth-order valence-corrected chi connectivity index (χ4v) is 0.916. The van der Waals surface area contributed by atoms with Crippen LogP contribution in [-0.2, 0) is 0 Å². The minimum absolute atomic E-state index is 0.176. The van der Waals surface area contributed by atoms with E-state index in [2.05, 4.69) is 9.40 Å². The Hall–Kier alpha value is -1.58. The van der Waals surface area contributed by atoms with E-state index in [1.807, 2.05) is 0 Å². The lowest BCUT2D eigenvalue weighted by atomic mass is 10.5. The van der Waals surface area contributed by atoms with Crippen molar-refractivity contribution >= 4 is 11.1 Å². The molecule has 11 heavy (non-hydrogen) atoms. The highest BCUT2D eigenvalue weighted by atomic mass is 16.4. The second kappa shape index (κ2) is 1.95. The molecule has 0 N–H and O–H groups in total. The van der Waals surface area contributed by atoms with Gasteiger partial charge in [-0.1, -0.05) is 0 Å². The number of aromatic nitrogens is 1. The molecular formula is C7H5NO3. The van der Waals surface area contributed by atoms with Crippen molar-refractivity contribution in [2.45, 2.75) is 6.92 Å². The lowest BCUT2D eigenvalue weighted by Gasteiger charge is -1.87. The number of rotatable bonds is 0. The summed E-state index contributed by atoms with van der Waals surface area (Å²) >= 11 is 0. The summed E-state index contributed by atoms with van der Waals surface area (Å²) in [5, 5.41) is 0. The minimum atomic E-state index is -0.475. The van der Waals surface area contributed by atoms with E-state index in [9.17, 15) is 4.79 Å². The largest absolute Gasteiger partial charge is 0.455 e. The summed E-state index contributed by atoms with van der Waals surface area (Å²) in [4.78, 5) is 14.9. The van der Waals surface area contributed by atoms with E-state index in [4.69, 9.17) is 4.42 Å². The molecule has 0 bridgehead atoms. The maximum absolute atomic E-state index is 11.0. The molecule has 4 nitrogen and oxygen atoms in total. The molecule has 56 valence electrons. The normalized spacial score (nSPS) is 10.6. The third kappa shape index (κ3) is 0.832. The molecule has 0 saturated carbocycles. The van der Waals surface area contributed by atoms with E-state index in [0.29, 0.717) is 11.4 Å². The molecule has 0 aliphatic heterocycles. The van der Waals surface area contributed by atoms with Crippen molar-refractivity contribution in [3.05, 3.63) is 28.6 Å². The Morgan fingerprint density at radius 2 is 2.36 bits per heavy atom. The van der Waals surface area contributed by atoms with Gasteiger partial charge in [0.1, 0.15) is 5.52 Å². The Kier molecular flexibility index (Phi) is 1.09. The molecule has 0 amide bonds. The van der Waals surface area contributed by atoms with Gasteiger partial charge in [-0.3, -0.25) is 0 Å². The highest BCUT2D eigenvalue weighted by Gasteiger charge is 2.04. The minimum Gasteiger partial charge on any atom is -0.455 e. The van der Waals surface area contributed by atoms with Gasteiger partial charge in [0.2, 0.25) is 5.58 Å². The third-order valence-corrected chi connectivity index (χ3v) is 1.35. The Bertz CT molecular complexity index is 440. The van der Waals surface area contributed by atoms with Gasteiger partial charge < -0.3 is 8.83 Å². The van der Waals surface area contributed by atoms with Crippen LogP contribution in [0.25, 0.3) is 11.1 Å². The first-order chi connectivity index (χ1) is 5.27. The van der Waals surface area contributed by atoms with E-state index in [1.54, 1.807) is 13.0 Å². The molecule has 2 aromatic rings. The number of furan rings is 1. The van der Waals surface area contributed by atoms with Crippen molar-refractivity contribution in [3.63, 3.8) is 0 Å². The van der Waals surface area contributed by atoms with Crippen LogP contribution in [0.15, 0.2) is 26.0 Å². The monoisotopic (exact) mass is 151 g/mol. The first-order valence-corrected chi connectivity index (χ1v) is 3.12. The fraction of sp³-hybridized carbons (Fsp3) is 0.143. The Balaban J connectivity index is 3.02. The fourth-order valence-electron chi connectivity index (χ4n) is 0.916. The molecule has 0 fully saturated rings. The van der Waals surface area contributed by atoms with Crippen LogP contribution >= 0.6 is 0 Å². The van der Waals surface area contributed by atoms with E-state index in [-0.39, 0.29) is 5.58 Å². The number of aryl methyl sites for hydroxylation is 1. The Labute approximate surface area is 61.5 Å². The zero-order valence-electron chi connectivity index (χ0n) is 5.83. The van der Waals surface area contributed by atoms with Crippen LogP contribution in [0, 0.1) is 6.92 Å². The van der Waals surface area contributed by atoms with Crippen LogP contribution in [-0.4, -0.2) is 4.98 Å². The summed E-state index contributed by atoms with van der Waals surface area (Å²) in [6.45, 7) is 1.62. The molecule has 0 radical (unpaired) electrons. The molecule has 2 heterocycles. The van der Waals surface area contributed by atoms with Crippen LogP contribution in [0.2, 0.25) is 0 Å². The third-order valence-electron chi connectivity index (χ3n) is 1.35. The maximum Gasteiger partial charge on any atom is 0.382 e. The van der Waals surface area contributed by atoms with Gasteiger partial charge in [-0.15, -0.1) is 0 Å². The molecule has 0 unspecified atom stereocenters. The predicted octanol–water partition coefficient (Wildman–Crippen LogP) is 1.09. The summed E-state index contributed by atoms with van der Waals surface area (Å²) in [6, 6.07) is 1.62. The highest BCUT2D eigenvalue weighted by molar-refractivity contribution is 5.69. The molecule has 0 aliphatic carbocycles. The average Bonchev–Trinajstić information content (AvgIpc) is 2.34. The van der Waals surface area contributed by atoms with Crippen molar-refractivity contribution in [1.82, 2.24) is 4.98 Å². The van der Waals surface area contributed by atoms with E-state index < -0.39 is 5.63 Å². The molecule has 0 spiro atoms. The van der Waals surface area contributed by atoms with Crippen LogP contribution in [0.1, 0.15) is 5.89 Å². The molecule has 2 aromatic heterocycles. The van der Waals surface area contributed by atoms with Gasteiger partial charge >= 0.3 is 5.63 Å². The Morgan fingerprint density at radius 3 is 3.18 bits per heavy atom. The summed E-state index contributed by atoms with van der Waals surface area (Å²) < 4.78 is 9.52. The quantitative estimate of drug-likeness (QED) is 0.565. The SMILES string of the molecule is Cc1nc2ccoc2c(=O)o1. The van der Waals surface area contributed by atoms with E-state index in [0.717, 1.165) is 0 Å². The molecule has 0 saturated heterocycles. The van der Waals surface area contributed by atoms with Crippen LogP contribution < -0.4 is 5.63 Å². The molecule has 4 heteroatoms. The summed E-state index contributed by atoms with van der Waals surface area (Å²) in [5.74, 6) is 0.351. The molecule has 0 aliphatic rings. The number of hydrogen-bond donors (Lipinski definition) is 0. The second-order valence-corrected chi connectivity index (χ2v) is 2.16. The van der Waals surface area contributed by atoms with Crippen LogP contribution in [0.4, 0.5) is 0 Å². The first kappa shape index (κ1) is 6.15. The smallest absolute Gasteiger partial charge is 0.382 e. The van der Waals surface area contributed by atoms with Gasteiger partial charge in [-0.25, -0.2) is 9.78 Å². The van der Waals surface area contributed by atoms with Crippen molar-refractivity contribution in [1.29, 1.82) is 0 Å². The van der Waals surface area contributed by atoms with Crippen molar-refractivity contribution in [2.24, 2.45) is 0 Å². The molecule has 0 atom stereocenters. The topological polar surface area (TPSA) is 56.2 Å². The van der Waals surface area contributed by atoms with Gasteiger partial charge in [-0.05, 0) is 0 Å². The molecule has 0 aromatic carbocycles. The van der Waals surface area contributed by atoms with Crippen LogP contribution in [0.3, 0.4) is 0 Å². The number of nitrogens with zero attached hydrogens (tertiary/aromatic N) is 1. The van der Waals surface area contributed by atoms with Gasteiger partial charge in [0.05, 0.1) is 6.26 Å². The van der Waals surface area contributed by atoms with Crippen LogP contribution in [0.5, 0.6) is 0 Å². The Morgan fingerprint density at radius 1 is 1.55 bits per heavy atom. The summed E-state index contributed by atoms with van der Waals surface area (Å²) in [6.07, 6.45) is 1.41. The van der Waals surface area contributed by atoms with Gasteiger partial charge in [0.15, 0.2) is 5.89 Å². The predicted molar refractivity (Wildman–Crippen MR) is 37.3 cm³/mol. The van der Waals surface area contributed by atoms with Crippen molar-refractivity contribution < 1.29 is 8.83 Å². The standard InChI is InChI=1S/C7H5NO3/c1-4-8-5-2-3-10-6(5)7(9)11-4/h2-3H,1H3. The van der Waals surface area contributed by atoms with Gasteiger partial charge in [-0.2, -0.15) is 0 Å². The van der Waals surface area contributed by atoms with Gasteiger partial charge in [0, 0.05) is 13.0 Å². The van der Waals surface area contributed by atoms with E-state index >= 15 is 0 Å². The van der Waals surface area contributed by atoms with E-state index in [1.165, 1.54) is 6.26 Å². The lowest BCUT2D eigenvalue weighted by molar-refractivity contribution is 0.451. The highest BCUT2D eigenvalue weighted by Crippen LogP contribution is 2.07. The molecule has 2 rings (SSSR count). The number of hydrogen-bond acceptors (Lipinski definition) is 4. The van der Waals surface area contributed by atoms with Crippen molar-refractivity contribution in [2.75, 3.05) is 0 Å². The first-order valence-electron chi connectivity index (χ1n) is 3.12. The number of fused-ring (bicyclic) bond motifs is 1.